The lowest BCUT2D eigenvalue weighted by Crippen LogP contribution is -2.33. The molecule has 3 rings (SSSR count). The van der Waals surface area contributed by atoms with E-state index >= 15 is 0 Å². The Morgan fingerprint density at radius 1 is 1.29 bits per heavy atom. The smallest absolute Gasteiger partial charge is 0.307 e. The summed E-state index contributed by atoms with van der Waals surface area (Å²) in [6, 6.07) is 10.2. The first kappa shape index (κ1) is 13.8. The highest BCUT2D eigenvalue weighted by Gasteiger charge is 2.28. The molecule has 1 saturated heterocycles. The molecule has 0 saturated carbocycles. The van der Waals surface area contributed by atoms with E-state index in [1.807, 2.05) is 18.2 Å². The molecule has 0 bridgehead atoms. The quantitative estimate of drug-likeness (QED) is 0.692. The molecule has 2 heterocycles. The summed E-state index contributed by atoms with van der Waals surface area (Å²) < 4.78 is 1.75. The second kappa shape index (κ2) is 6.05. The average Bonchev–Trinajstić information content (AvgIpc) is 3.00. The van der Waals surface area contributed by atoms with Gasteiger partial charge in [0.05, 0.1) is 11.0 Å². The lowest BCUT2D eigenvalue weighted by atomic mass is 9.86. The summed E-state index contributed by atoms with van der Waals surface area (Å²) in [6.07, 6.45) is 4.97. The number of benzene rings is 1. The lowest BCUT2D eigenvalue weighted by Gasteiger charge is -2.31. The van der Waals surface area contributed by atoms with E-state index in [1.54, 1.807) is 10.9 Å². The molecule has 1 atom stereocenters. The van der Waals surface area contributed by atoms with Gasteiger partial charge in [-0.05, 0) is 37.4 Å². The Morgan fingerprint density at radius 3 is 2.62 bits per heavy atom. The molecule has 6 nitrogen and oxygen atoms in total. The molecule has 0 amide bonds. The van der Waals surface area contributed by atoms with Gasteiger partial charge in [0.15, 0.2) is 0 Å². The Bertz CT molecular complexity index is 605. The van der Waals surface area contributed by atoms with Crippen molar-refractivity contribution in [1.29, 1.82) is 0 Å². The number of hydrogen-bond donors (Lipinski definition) is 1. The second-order valence-corrected chi connectivity index (χ2v) is 5.38. The summed E-state index contributed by atoms with van der Waals surface area (Å²) in [5, 5.41) is 18.5. The topological polar surface area (TPSA) is 73.0 Å². The zero-order valence-electron chi connectivity index (χ0n) is 11.7. The summed E-state index contributed by atoms with van der Waals surface area (Å²) in [4.78, 5) is 10.5. The number of aromatic nitrogens is 2. The van der Waals surface area contributed by atoms with Crippen molar-refractivity contribution in [2.75, 3.05) is 13.1 Å². The van der Waals surface area contributed by atoms with Crippen LogP contribution < -0.4 is 5.32 Å². The van der Waals surface area contributed by atoms with Gasteiger partial charge in [0, 0.05) is 0 Å². The summed E-state index contributed by atoms with van der Waals surface area (Å²) in [5.74, 6) is 0.438. The molecule has 0 aliphatic carbocycles. The van der Waals surface area contributed by atoms with E-state index in [2.05, 4.69) is 22.5 Å². The number of nitro groups is 1. The van der Waals surface area contributed by atoms with Crippen molar-refractivity contribution in [3.63, 3.8) is 0 Å². The summed E-state index contributed by atoms with van der Waals surface area (Å²) >= 11 is 0. The molecule has 110 valence electrons. The highest BCUT2D eigenvalue weighted by molar-refractivity contribution is 5.25. The molecule has 0 radical (unpaired) electrons. The van der Waals surface area contributed by atoms with Gasteiger partial charge in [-0.3, -0.25) is 14.8 Å². The summed E-state index contributed by atoms with van der Waals surface area (Å²) in [7, 11) is 0. The molecule has 21 heavy (non-hydrogen) atoms. The van der Waals surface area contributed by atoms with Crippen molar-refractivity contribution in [3.8, 4) is 0 Å². The van der Waals surface area contributed by atoms with Crippen molar-refractivity contribution in [3.05, 3.63) is 58.4 Å². The fraction of sp³-hybridized carbons (Fsp3) is 0.400. The van der Waals surface area contributed by atoms with Crippen molar-refractivity contribution < 1.29 is 4.92 Å². The van der Waals surface area contributed by atoms with E-state index < -0.39 is 4.92 Å². The van der Waals surface area contributed by atoms with Crippen LogP contribution in [0.25, 0.3) is 0 Å². The summed E-state index contributed by atoms with van der Waals surface area (Å²) in [5.41, 5.74) is 1.20. The number of nitrogens with one attached hydrogen (secondary N) is 1. The van der Waals surface area contributed by atoms with E-state index in [0.29, 0.717) is 5.92 Å². The van der Waals surface area contributed by atoms with Gasteiger partial charge in [0.1, 0.15) is 12.4 Å². The van der Waals surface area contributed by atoms with Gasteiger partial charge < -0.3 is 5.32 Å². The van der Waals surface area contributed by atoms with Crippen LogP contribution in [-0.2, 0) is 0 Å². The molecule has 6 heteroatoms. The number of hydrogen-bond acceptors (Lipinski definition) is 4. The lowest BCUT2D eigenvalue weighted by molar-refractivity contribution is -0.385. The van der Waals surface area contributed by atoms with Crippen LogP contribution in [0.3, 0.4) is 0 Å². The number of rotatable bonds is 4. The normalized spacial score (nSPS) is 17.5. The highest BCUT2D eigenvalue weighted by atomic mass is 16.6. The Kier molecular flexibility index (Phi) is 3.96. The van der Waals surface area contributed by atoms with Crippen LogP contribution >= 0.6 is 0 Å². The Labute approximate surface area is 122 Å². The van der Waals surface area contributed by atoms with Gasteiger partial charge in [-0.1, -0.05) is 30.3 Å². The SMILES string of the molecule is O=[N+]([O-])c1cnn(C(c2ccccc2)C2CCNCC2)c1. The van der Waals surface area contributed by atoms with Crippen LogP contribution in [0.15, 0.2) is 42.7 Å². The Morgan fingerprint density at radius 2 is 2.00 bits per heavy atom. The van der Waals surface area contributed by atoms with Crippen LogP contribution in [-0.4, -0.2) is 27.8 Å². The second-order valence-electron chi connectivity index (χ2n) is 5.38. The van der Waals surface area contributed by atoms with Gasteiger partial charge in [0.25, 0.3) is 0 Å². The zero-order chi connectivity index (χ0) is 14.7. The fourth-order valence-electron chi connectivity index (χ4n) is 3.03. The number of piperidine rings is 1. The zero-order valence-corrected chi connectivity index (χ0v) is 11.7. The van der Waals surface area contributed by atoms with Crippen LogP contribution in [0, 0.1) is 16.0 Å². The molecule has 1 aromatic heterocycles. The van der Waals surface area contributed by atoms with E-state index in [0.717, 1.165) is 31.5 Å². The molecule has 0 spiro atoms. The minimum Gasteiger partial charge on any atom is -0.317 e. The molecule has 1 aliphatic rings. The maximum absolute atomic E-state index is 10.9. The van der Waals surface area contributed by atoms with E-state index in [9.17, 15) is 10.1 Å². The predicted octanol–water partition coefficient (Wildman–Crippen LogP) is 2.38. The van der Waals surface area contributed by atoms with Crippen molar-refractivity contribution in [2.45, 2.75) is 18.9 Å². The van der Waals surface area contributed by atoms with Gasteiger partial charge in [-0.15, -0.1) is 0 Å². The molecular formula is C15H18N4O2. The number of nitrogens with zero attached hydrogens (tertiary/aromatic N) is 3. The largest absolute Gasteiger partial charge is 0.317 e. The molecular weight excluding hydrogens is 268 g/mol. The van der Waals surface area contributed by atoms with Gasteiger partial charge in [-0.2, -0.15) is 5.10 Å². The summed E-state index contributed by atoms with van der Waals surface area (Å²) in [6.45, 7) is 1.97. The van der Waals surface area contributed by atoms with E-state index in [4.69, 9.17) is 0 Å². The fourth-order valence-corrected chi connectivity index (χ4v) is 3.03. The maximum Gasteiger partial charge on any atom is 0.307 e. The van der Waals surface area contributed by atoms with E-state index in [-0.39, 0.29) is 11.7 Å². The average molecular weight is 286 g/mol. The van der Waals surface area contributed by atoms with E-state index in [1.165, 1.54) is 6.20 Å². The third kappa shape index (κ3) is 2.95. The van der Waals surface area contributed by atoms with Crippen molar-refractivity contribution in [1.82, 2.24) is 15.1 Å². The maximum atomic E-state index is 10.9. The molecule has 1 fully saturated rings. The minimum absolute atomic E-state index is 0.0462. The third-order valence-corrected chi connectivity index (χ3v) is 4.06. The molecule has 1 N–H and O–H groups in total. The van der Waals surface area contributed by atoms with Crippen LogP contribution in [0.2, 0.25) is 0 Å². The standard InChI is InChI=1S/C15H18N4O2/c20-19(21)14-10-17-18(11-14)15(12-4-2-1-3-5-12)13-6-8-16-9-7-13/h1-5,10-11,13,15-16H,6-9H2. The van der Waals surface area contributed by atoms with Gasteiger partial charge >= 0.3 is 5.69 Å². The first-order chi connectivity index (χ1) is 10.3. The van der Waals surface area contributed by atoms with Crippen LogP contribution in [0.4, 0.5) is 5.69 Å². The first-order valence-electron chi connectivity index (χ1n) is 7.20. The Hall–Kier alpha value is -2.21. The van der Waals surface area contributed by atoms with Crippen LogP contribution in [0.5, 0.6) is 0 Å². The predicted molar refractivity (Wildman–Crippen MR) is 79.1 cm³/mol. The van der Waals surface area contributed by atoms with Gasteiger partial charge in [-0.25, -0.2) is 0 Å². The Balaban J connectivity index is 1.96. The third-order valence-electron chi connectivity index (χ3n) is 4.06. The molecule has 2 aromatic rings. The monoisotopic (exact) mass is 286 g/mol. The molecule has 1 aromatic carbocycles. The minimum atomic E-state index is -0.395. The van der Waals surface area contributed by atoms with Gasteiger partial charge in [0.2, 0.25) is 0 Å². The molecule has 1 unspecified atom stereocenters. The highest BCUT2D eigenvalue weighted by Crippen LogP contribution is 2.32. The first-order valence-corrected chi connectivity index (χ1v) is 7.20. The van der Waals surface area contributed by atoms with Crippen molar-refractivity contribution >= 4 is 5.69 Å². The van der Waals surface area contributed by atoms with Crippen molar-refractivity contribution in [2.24, 2.45) is 5.92 Å². The van der Waals surface area contributed by atoms with Crippen LogP contribution in [0.1, 0.15) is 24.4 Å². The molecule has 1 aliphatic heterocycles.